The molecule has 184 valence electrons. The fraction of sp³-hybridized carbons (Fsp3) is 0.406. The first-order chi connectivity index (χ1) is 16.9. The van der Waals surface area contributed by atoms with E-state index in [4.69, 9.17) is 0 Å². The van der Waals surface area contributed by atoms with Crippen molar-refractivity contribution in [3.63, 3.8) is 0 Å². The molecule has 0 heterocycles. The first-order valence-corrected chi connectivity index (χ1v) is 13.1. The highest BCUT2D eigenvalue weighted by Gasteiger charge is 2.33. The van der Waals surface area contributed by atoms with Crippen LogP contribution in [0.2, 0.25) is 0 Å². The standard InChI is InChI=1S/C32H40N2O/c1-24(26-13-7-5-8-14-26)33-31(35)30-18-12-11-17-29(30)27-21-19-25(20-22-27)23-34(4)32(2,3)28-15-9-6-10-16-28/h5-10,13-16,19-22,24,29-30H,11-12,17-18,23H2,1-4H3,(H,33,35)/t24-,29-,30+/m1/s1. The molecule has 0 bridgehead atoms. The van der Waals surface area contributed by atoms with Crippen molar-refractivity contribution in [3.8, 4) is 0 Å². The maximum Gasteiger partial charge on any atom is 0.224 e. The van der Waals surface area contributed by atoms with Gasteiger partial charge in [0.05, 0.1) is 6.04 Å². The molecule has 0 radical (unpaired) electrons. The Bertz CT molecular complexity index is 1080. The van der Waals surface area contributed by atoms with Gasteiger partial charge in [-0.2, -0.15) is 0 Å². The molecule has 3 atom stereocenters. The molecule has 1 aliphatic rings. The van der Waals surface area contributed by atoms with Crippen LogP contribution in [0.4, 0.5) is 0 Å². The van der Waals surface area contributed by atoms with Crippen molar-refractivity contribution >= 4 is 5.91 Å². The van der Waals surface area contributed by atoms with E-state index in [2.05, 4.69) is 105 Å². The zero-order chi connectivity index (χ0) is 24.8. The Morgan fingerprint density at radius 3 is 2.17 bits per heavy atom. The van der Waals surface area contributed by atoms with Gasteiger partial charge in [0.1, 0.15) is 0 Å². The molecule has 3 heteroatoms. The Morgan fingerprint density at radius 2 is 1.51 bits per heavy atom. The lowest BCUT2D eigenvalue weighted by molar-refractivity contribution is -0.127. The Balaban J connectivity index is 1.42. The Morgan fingerprint density at radius 1 is 0.914 bits per heavy atom. The van der Waals surface area contributed by atoms with Gasteiger partial charge in [-0.1, -0.05) is 97.8 Å². The molecule has 4 rings (SSSR count). The Hall–Kier alpha value is -2.91. The molecule has 3 nitrogen and oxygen atoms in total. The fourth-order valence-corrected chi connectivity index (χ4v) is 5.40. The van der Waals surface area contributed by atoms with E-state index < -0.39 is 0 Å². The lowest BCUT2D eigenvalue weighted by Gasteiger charge is -2.36. The topological polar surface area (TPSA) is 32.3 Å². The van der Waals surface area contributed by atoms with Gasteiger partial charge in [0.15, 0.2) is 0 Å². The number of hydrogen-bond acceptors (Lipinski definition) is 2. The van der Waals surface area contributed by atoms with Gasteiger partial charge in [0.2, 0.25) is 5.91 Å². The highest BCUT2D eigenvalue weighted by Crippen LogP contribution is 2.38. The minimum Gasteiger partial charge on any atom is -0.349 e. The number of nitrogens with one attached hydrogen (secondary N) is 1. The number of rotatable bonds is 8. The molecule has 3 aromatic carbocycles. The highest BCUT2D eigenvalue weighted by molar-refractivity contribution is 5.80. The maximum atomic E-state index is 13.3. The smallest absolute Gasteiger partial charge is 0.224 e. The van der Waals surface area contributed by atoms with Crippen LogP contribution in [-0.4, -0.2) is 17.9 Å². The zero-order valence-corrected chi connectivity index (χ0v) is 21.7. The minimum absolute atomic E-state index is 0.0251. The second-order valence-corrected chi connectivity index (χ2v) is 10.7. The molecule has 1 fully saturated rings. The first kappa shape index (κ1) is 25.2. The summed E-state index contributed by atoms with van der Waals surface area (Å²) >= 11 is 0. The Kier molecular flexibility index (Phi) is 8.07. The van der Waals surface area contributed by atoms with Crippen LogP contribution in [-0.2, 0) is 16.9 Å². The summed E-state index contributed by atoms with van der Waals surface area (Å²) in [5.74, 6) is 0.527. The van der Waals surface area contributed by atoms with Crippen molar-refractivity contribution in [2.24, 2.45) is 5.92 Å². The number of nitrogens with zero attached hydrogens (tertiary/aromatic N) is 1. The SMILES string of the molecule is C[C@@H](NC(=O)[C@H]1CCCC[C@@H]1c1ccc(CN(C)C(C)(C)c2ccccc2)cc1)c1ccccc1. The van der Waals surface area contributed by atoms with E-state index in [-0.39, 0.29) is 23.4 Å². The van der Waals surface area contributed by atoms with Crippen LogP contribution in [0.15, 0.2) is 84.9 Å². The molecule has 1 aliphatic carbocycles. The largest absolute Gasteiger partial charge is 0.349 e. The fourth-order valence-electron chi connectivity index (χ4n) is 5.40. The minimum atomic E-state index is -0.0536. The molecule has 0 aromatic heterocycles. The molecule has 1 saturated carbocycles. The van der Waals surface area contributed by atoms with Crippen molar-refractivity contribution < 1.29 is 4.79 Å². The molecule has 0 aliphatic heterocycles. The molecule has 1 amide bonds. The number of hydrogen-bond donors (Lipinski definition) is 1. The van der Waals surface area contributed by atoms with Crippen LogP contribution < -0.4 is 5.32 Å². The molecule has 3 aromatic rings. The van der Waals surface area contributed by atoms with Crippen LogP contribution in [0, 0.1) is 5.92 Å². The Labute approximate surface area is 211 Å². The number of carbonyl (C=O) groups is 1. The molecule has 1 N–H and O–H groups in total. The average Bonchev–Trinajstić information content (AvgIpc) is 2.90. The van der Waals surface area contributed by atoms with Crippen molar-refractivity contribution in [2.45, 2.75) is 70.5 Å². The number of benzene rings is 3. The summed E-state index contributed by atoms with van der Waals surface area (Å²) in [6.07, 6.45) is 4.37. The van der Waals surface area contributed by atoms with Crippen molar-refractivity contribution in [1.29, 1.82) is 0 Å². The van der Waals surface area contributed by atoms with Crippen LogP contribution in [0.5, 0.6) is 0 Å². The molecular formula is C32H40N2O. The summed E-state index contributed by atoms with van der Waals surface area (Å²) in [4.78, 5) is 15.7. The predicted octanol–water partition coefficient (Wildman–Crippen LogP) is 7.20. The average molecular weight is 469 g/mol. The van der Waals surface area contributed by atoms with Gasteiger partial charge in [0, 0.05) is 18.0 Å². The van der Waals surface area contributed by atoms with Crippen molar-refractivity contribution in [1.82, 2.24) is 10.2 Å². The maximum absolute atomic E-state index is 13.3. The van der Waals surface area contributed by atoms with Gasteiger partial charge < -0.3 is 5.32 Å². The highest BCUT2D eigenvalue weighted by atomic mass is 16.2. The van der Waals surface area contributed by atoms with Gasteiger partial charge in [-0.15, -0.1) is 0 Å². The van der Waals surface area contributed by atoms with Crippen molar-refractivity contribution in [2.75, 3.05) is 7.05 Å². The van der Waals surface area contributed by atoms with Gasteiger partial charge in [-0.3, -0.25) is 9.69 Å². The van der Waals surface area contributed by atoms with E-state index in [1.54, 1.807) is 0 Å². The molecule has 0 saturated heterocycles. The van der Waals surface area contributed by atoms with E-state index in [0.29, 0.717) is 5.92 Å². The van der Waals surface area contributed by atoms with Crippen LogP contribution in [0.25, 0.3) is 0 Å². The van der Waals surface area contributed by atoms with E-state index in [9.17, 15) is 4.79 Å². The van der Waals surface area contributed by atoms with Gasteiger partial charge in [-0.25, -0.2) is 0 Å². The molecular weight excluding hydrogens is 428 g/mol. The summed E-state index contributed by atoms with van der Waals surface area (Å²) in [6, 6.07) is 30.0. The normalized spacial score (nSPS) is 19.3. The third-order valence-corrected chi connectivity index (χ3v) is 8.02. The molecule has 35 heavy (non-hydrogen) atoms. The number of amides is 1. The van der Waals surface area contributed by atoms with E-state index >= 15 is 0 Å². The third kappa shape index (κ3) is 6.02. The molecule has 0 spiro atoms. The van der Waals surface area contributed by atoms with Gasteiger partial charge in [0.25, 0.3) is 0 Å². The lowest BCUT2D eigenvalue weighted by atomic mass is 9.74. The van der Waals surface area contributed by atoms with E-state index in [0.717, 1.165) is 31.4 Å². The second kappa shape index (κ2) is 11.2. The van der Waals surface area contributed by atoms with Gasteiger partial charge >= 0.3 is 0 Å². The summed E-state index contributed by atoms with van der Waals surface area (Å²) < 4.78 is 0. The van der Waals surface area contributed by atoms with Crippen LogP contribution in [0.3, 0.4) is 0 Å². The van der Waals surface area contributed by atoms with Crippen LogP contribution in [0.1, 0.15) is 80.7 Å². The van der Waals surface area contributed by atoms with Crippen molar-refractivity contribution in [3.05, 3.63) is 107 Å². The quantitative estimate of drug-likeness (QED) is 0.379. The number of carbonyl (C=O) groups excluding carboxylic acids is 1. The monoisotopic (exact) mass is 468 g/mol. The summed E-state index contributed by atoms with van der Waals surface area (Å²) in [5.41, 5.74) is 5.02. The van der Waals surface area contributed by atoms with E-state index in [1.165, 1.54) is 23.1 Å². The third-order valence-electron chi connectivity index (χ3n) is 8.02. The lowest BCUT2D eigenvalue weighted by Crippen LogP contribution is -2.38. The summed E-state index contributed by atoms with van der Waals surface area (Å²) in [7, 11) is 2.19. The van der Waals surface area contributed by atoms with E-state index in [1.807, 2.05) is 18.2 Å². The zero-order valence-electron chi connectivity index (χ0n) is 21.7. The summed E-state index contributed by atoms with van der Waals surface area (Å²) in [5, 5.41) is 3.29. The summed E-state index contributed by atoms with van der Waals surface area (Å²) in [6.45, 7) is 7.51. The van der Waals surface area contributed by atoms with Crippen LogP contribution >= 0.6 is 0 Å². The second-order valence-electron chi connectivity index (χ2n) is 10.7. The first-order valence-electron chi connectivity index (χ1n) is 13.1. The predicted molar refractivity (Wildman–Crippen MR) is 145 cm³/mol. The van der Waals surface area contributed by atoms with Gasteiger partial charge in [-0.05, 0) is 68.8 Å². The molecule has 0 unspecified atom stereocenters.